The quantitative estimate of drug-likeness (QED) is 0.766. The molecule has 2 aromatic carbocycles. The van der Waals surface area contributed by atoms with Crippen LogP contribution < -0.4 is 0 Å². The molecular formula is C18H18OS. The van der Waals surface area contributed by atoms with Gasteiger partial charge in [0.2, 0.25) is 0 Å². The van der Waals surface area contributed by atoms with Gasteiger partial charge in [-0.1, -0.05) is 36.4 Å². The topological polar surface area (TPSA) is 17.1 Å². The number of aryl methyl sites for hydroxylation is 2. The van der Waals surface area contributed by atoms with Gasteiger partial charge in [0, 0.05) is 6.42 Å². The van der Waals surface area contributed by atoms with E-state index in [0.717, 1.165) is 0 Å². The largest absolute Gasteiger partial charge is 0.298 e. The van der Waals surface area contributed by atoms with Gasteiger partial charge in [-0.3, -0.25) is 4.79 Å². The lowest BCUT2D eigenvalue weighted by Gasteiger charge is -2.17. The molecule has 1 atom stereocenters. The fourth-order valence-electron chi connectivity index (χ4n) is 3.20. The molecule has 2 heteroatoms. The molecule has 1 unspecified atom stereocenters. The van der Waals surface area contributed by atoms with Gasteiger partial charge in [0.1, 0.15) is 0 Å². The summed E-state index contributed by atoms with van der Waals surface area (Å²) in [5.74, 6) is 0.314. The number of ketones is 1. The van der Waals surface area contributed by atoms with Crippen molar-refractivity contribution in [2.75, 3.05) is 6.26 Å². The first kappa shape index (κ1) is 13.4. The van der Waals surface area contributed by atoms with E-state index in [-0.39, 0.29) is 5.25 Å². The van der Waals surface area contributed by atoms with E-state index in [2.05, 4.69) is 50.2 Å². The highest BCUT2D eigenvalue weighted by Gasteiger charge is 2.29. The molecule has 3 rings (SSSR count). The normalized spacial score (nSPS) is 17.4. The zero-order chi connectivity index (χ0) is 14.3. The molecule has 0 saturated heterocycles. The van der Waals surface area contributed by atoms with Gasteiger partial charge in [-0.2, -0.15) is 0 Å². The minimum Gasteiger partial charge on any atom is -0.298 e. The first-order valence-corrected chi connectivity index (χ1v) is 8.16. The van der Waals surface area contributed by atoms with Gasteiger partial charge in [0.05, 0.1) is 5.25 Å². The number of carbonyl (C=O) groups is 1. The second kappa shape index (κ2) is 5.10. The molecule has 1 aliphatic rings. The summed E-state index contributed by atoms with van der Waals surface area (Å²) >= 11 is 1.65. The van der Waals surface area contributed by atoms with E-state index in [4.69, 9.17) is 0 Å². The Morgan fingerprint density at radius 3 is 2.35 bits per heavy atom. The molecule has 1 aliphatic carbocycles. The van der Waals surface area contributed by atoms with Crippen molar-refractivity contribution in [2.45, 2.75) is 25.5 Å². The van der Waals surface area contributed by atoms with Crippen molar-refractivity contribution in [1.82, 2.24) is 0 Å². The lowest BCUT2D eigenvalue weighted by molar-refractivity contribution is -0.117. The Balaban J connectivity index is 2.40. The van der Waals surface area contributed by atoms with Gasteiger partial charge in [0.25, 0.3) is 0 Å². The Kier molecular flexibility index (Phi) is 3.43. The van der Waals surface area contributed by atoms with Crippen LogP contribution in [0, 0.1) is 13.8 Å². The third kappa shape index (κ3) is 1.99. The summed E-state index contributed by atoms with van der Waals surface area (Å²) in [7, 11) is 0. The first-order chi connectivity index (χ1) is 9.63. The molecule has 0 fully saturated rings. The molecule has 0 heterocycles. The molecule has 2 aromatic rings. The highest BCUT2D eigenvalue weighted by Crippen LogP contribution is 2.43. The Bertz CT molecular complexity index is 688. The Hall–Kier alpha value is -1.54. The van der Waals surface area contributed by atoms with E-state index in [1.807, 2.05) is 6.26 Å². The number of carbonyl (C=O) groups excluding carboxylic acids is 1. The van der Waals surface area contributed by atoms with Crippen molar-refractivity contribution in [3.8, 4) is 11.1 Å². The molecule has 0 amide bonds. The van der Waals surface area contributed by atoms with E-state index >= 15 is 0 Å². The number of hydrogen-bond acceptors (Lipinski definition) is 2. The minimum atomic E-state index is -0.0447. The molecule has 0 aromatic heterocycles. The lowest BCUT2D eigenvalue weighted by Crippen LogP contribution is -2.10. The molecule has 20 heavy (non-hydrogen) atoms. The van der Waals surface area contributed by atoms with Crippen LogP contribution in [-0.4, -0.2) is 12.0 Å². The van der Waals surface area contributed by atoms with E-state index in [0.29, 0.717) is 12.2 Å². The van der Waals surface area contributed by atoms with Crippen molar-refractivity contribution in [1.29, 1.82) is 0 Å². The lowest BCUT2D eigenvalue weighted by atomic mass is 9.90. The Morgan fingerprint density at radius 1 is 1.00 bits per heavy atom. The SMILES string of the molecule is CSC1C(=O)Cc2cccc(C)c2-c2c(C)cccc21. The van der Waals surface area contributed by atoms with Gasteiger partial charge in [-0.05, 0) is 53.5 Å². The monoisotopic (exact) mass is 282 g/mol. The maximum Gasteiger partial charge on any atom is 0.154 e. The summed E-state index contributed by atoms with van der Waals surface area (Å²) in [5, 5.41) is -0.0447. The zero-order valence-electron chi connectivity index (χ0n) is 12.1. The Labute approximate surface area is 124 Å². The number of Topliss-reactive ketones (excluding diaryl/α,β-unsaturated/α-hetero) is 1. The van der Waals surface area contributed by atoms with Gasteiger partial charge in [0.15, 0.2) is 5.78 Å². The van der Waals surface area contributed by atoms with Gasteiger partial charge < -0.3 is 0 Å². The van der Waals surface area contributed by atoms with Crippen LogP contribution in [-0.2, 0) is 11.2 Å². The van der Waals surface area contributed by atoms with Crippen molar-refractivity contribution in [2.24, 2.45) is 0 Å². The molecule has 0 spiro atoms. The van der Waals surface area contributed by atoms with E-state index in [1.165, 1.54) is 33.4 Å². The third-order valence-electron chi connectivity index (χ3n) is 4.09. The van der Waals surface area contributed by atoms with E-state index in [9.17, 15) is 4.79 Å². The summed E-state index contributed by atoms with van der Waals surface area (Å²) in [5.41, 5.74) is 7.40. The van der Waals surface area contributed by atoms with Crippen molar-refractivity contribution in [3.05, 3.63) is 58.7 Å². The predicted molar refractivity (Wildman–Crippen MR) is 86.3 cm³/mol. The number of rotatable bonds is 1. The molecule has 102 valence electrons. The summed E-state index contributed by atoms with van der Waals surface area (Å²) in [6, 6.07) is 12.6. The van der Waals surface area contributed by atoms with Crippen LogP contribution in [0.25, 0.3) is 11.1 Å². The molecule has 0 saturated carbocycles. The molecular weight excluding hydrogens is 264 g/mol. The first-order valence-electron chi connectivity index (χ1n) is 6.87. The van der Waals surface area contributed by atoms with Crippen LogP contribution in [0.15, 0.2) is 36.4 Å². The summed E-state index contributed by atoms with van der Waals surface area (Å²) < 4.78 is 0. The maximum atomic E-state index is 12.6. The van der Waals surface area contributed by atoms with Crippen molar-refractivity contribution in [3.63, 3.8) is 0 Å². The van der Waals surface area contributed by atoms with Gasteiger partial charge in [-0.15, -0.1) is 11.8 Å². The molecule has 0 N–H and O–H groups in total. The number of benzene rings is 2. The standard InChI is InChI=1S/C18H18OS/c1-11-6-4-8-13-10-15(19)18(20-3)14-9-5-7-12(2)17(14)16(11)13/h4-9,18H,10H2,1-3H3. The van der Waals surface area contributed by atoms with Gasteiger partial charge in [-0.25, -0.2) is 0 Å². The molecule has 0 radical (unpaired) electrons. The third-order valence-corrected chi connectivity index (χ3v) is 5.08. The second-order valence-electron chi connectivity index (χ2n) is 5.41. The zero-order valence-corrected chi connectivity index (χ0v) is 12.9. The second-order valence-corrected chi connectivity index (χ2v) is 6.35. The molecule has 1 nitrogen and oxygen atoms in total. The average molecular weight is 282 g/mol. The predicted octanol–water partition coefficient (Wildman–Crippen LogP) is 4.50. The fourth-order valence-corrected chi connectivity index (χ4v) is 3.99. The van der Waals surface area contributed by atoms with Crippen LogP contribution in [0.2, 0.25) is 0 Å². The van der Waals surface area contributed by atoms with Crippen LogP contribution in [0.1, 0.15) is 27.5 Å². The molecule has 0 bridgehead atoms. The van der Waals surface area contributed by atoms with E-state index in [1.54, 1.807) is 11.8 Å². The van der Waals surface area contributed by atoms with Gasteiger partial charge >= 0.3 is 0 Å². The Morgan fingerprint density at radius 2 is 1.65 bits per heavy atom. The summed E-state index contributed by atoms with van der Waals surface area (Å²) in [6.45, 7) is 4.28. The number of hydrogen-bond donors (Lipinski definition) is 0. The highest BCUT2D eigenvalue weighted by atomic mass is 32.2. The van der Waals surface area contributed by atoms with Crippen molar-refractivity contribution < 1.29 is 4.79 Å². The van der Waals surface area contributed by atoms with E-state index < -0.39 is 0 Å². The van der Waals surface area contributed by atoms with Crippen LogP contribution in [0.4, 0.5) is 0 Å². The smallest absolute Gasteiger partial charge is 0.154 e. The minimum absolute atomic E-state index is 0.0447. The van der Waals surface area contributed by atoms with Crippen LogP contribution >= 0.6 is 11.8 Å². The fraction of sp³-hybridized carbons (Fsp3) is 0.278. The maximum absolute atomic E-state index is 12.6. The average Bonchev–Trinajstić information content (AvgIpc) is 2.53. The molecule has 0 aliphatic heterocycles. The summed E-state index contributed by atoms with van der Waals surface area (Å²) in [4.78, 5) is 12.6. The van der Waals surface area contributed by atoms with Crippen LogP contribution in [0.3, 0.4) is 0 Å². The van der Waals surface area contributed by atoms with Crippen molar-refractivity contribution >= 4 is 17.5 Å². The summed E-state index contributed by atoms with van der Waals surface area (Å²) in [6.07, 6.45) is 2.56. The number of fused-ring (bicyclic) bond motifs is 3. The number of thioether (sulfide) groups is 1. The highest BCUT2D eigenvalue weighted by molar-refractivity contribution is 7.99. The van der Waals surface area contributed by atoms with Crippen LogP contribution in [0.5, 0.6) is 0 Å².